The van der Waals surface area contributed by atoms with Crippen LogP contribution in [0.15, 0.2) is 42.6 Å². The van der Waals surface area contributed by atoms with Gasteiger partial charge < -0.3 is 20.9 Å². The molecule has 10 heteroatoms. The summed E-state index contributed by atoms with van der Waals surface area (Å²) in [5.74, 6) is -4.83. The first kappa shape index (κ1) is 25.4. The van der Waals surface area contributed by atoms with Gasteiger partial charge >= 0.3 is 0 Å². The molecule has 4 rings (SSSR count). The molecule has 0 aliphatic carbocycles. The van der Waals surface area contributed by atoms with Crippen LogP contribution in [0.5, 0.6) is 0 Å². The number of nitrogens with zero attached hydrogens (tertiary/aromatic N) is 3. The molecule has 0 saturated carbocycles. The smallest absolute Gasteiger partial charge is 0.258 e. The van der Waals surface area contributed by atoms with E-state index in [4.69, 9.17) is 5.73 Å². The summed E-state index contributed by atoms with van der Waals surface area (Å²) >= 11 is 0. The minimum atomic E-state index is -1.37. The number of carbonyl (C=O) groups is 1. The van der Waals surface area contributed by atoms with Crippen LogP contribution >= 0.6 is 0 Å². The lowest BCUT2D eigenvalue weighted by Crippen LogP contribution is -2.46. The summed E-state index contributed by atoms with van der Waals surface area (Å²) in [7, 11) is 3.65. The van der Waals surface area contributed by atoms with E-state index in [9.17, 15) is 18.0 Å². The standard InChI is InChI=1S/C26H27F4N5O/c1-14-9-15(31)13-35(12-14)21-10-22(34(2)3)32-11-20(21)33-26(36)16-7-8-19(29)24(25(16)30)23-17(27)5-4-6-18(23)28/h4-8,10-11,14-15H,9,12-13,31H2,1-3H3,(H,33,36)/t14-,15+/m1/s1. The Morgan fingerprint density at radius 2 is 1.72 bits per heavy atom. The third-order valence-electron chi connectivity index (χ3n) is 6.16. The molecule has 2 aromatic carbocycles. The van der Waals surface area contributed by atoms with E-state index in [0.717, 1.165) is 36.8 Å². The minimum absolute atomic E-state index is 0.0685. The molecule has 1 aliphatic rings. The molecule has 3 aromatic rings. The van der Waals surface area contributed by atoms with Crippen LogP contribution in [0, 0.1) is 29.2 Å². The van der Waals surface area contributed by atoms with E-state index in [1.807, 2.05) is 19.0 Å². The third-order valence-corrected chi connectivity index (χ3v) is 6.16. The summed E-state index contributed by atoms with van der Waals surface area (Å²) in [6.45, 7) is 3.32. The van der Waals surface area contributed by atoms with Crippen molar-refractivity contribution in [3.8, 4) is 11.1 Å². The van der Waals surface area contributed by atoms with E-state index in [2.05, 4.69) is 17.2 Å². The highest BCUT2D eigenvalue weighted by Crippen LogP contribution is 2.35. The Labute approximate surface area is 206 Å². The number of halogens is 4. The third kappa shape index (κ3) is 4.99. The van der Waals surface area contributed by atoms with Crippen LogP contribution < -0.4 is 20.9 Å². The Balaban J connectivity index is 1.73. The van der Waals surface area contributed by atoms with Crippen molar-refractivity contribution in [1.29, 1.82) is 0 Å². The maximum Gasteiger partial charge on any atom is 0.258 e. The molecule has 1 aromatic heterocycles. The van der Waals surface area contributed by atoms with Crippen LogP contribution in [0.3, 0.4) is 0 Å². The highest BCUT2D eigenvalue weighted by molar-refractivity contribution is 6.07. The second-order valence-corrected chi connectivity index (χ2v) is 9.29. The zero-order valence-electron chi connectivity index (χ0n) is 20.2. The second kappa shape index (κ2) is 10.1. The molecular weight excluding hydrogens is 474 g/mol. The number of carbonyl (C=O) groups excluding carboxylic acids is 1. The lowest BCUT2D eigenvalue weighted by molar-refractivity contribution is 0.102. The average Bonchev–Trinajstić information content (AvgIpc) is 2.80. The molecule has 2 atom stereocenters. The Bertz CT molecular complexity index is 1270. The molecule has 0 spiro atoms. The van der Waals surface area contributed by atoms with Gasteiger partial charge in [0.2, 0.25) is 0 Å². The summed E-state index contributed by atoms with van der Waals surface area (Å²) in [6, 6.07) is 6.32. The zero-order chi connectivity index (χ0) is 26.1. The van der Waals surface area contributed by atoms with Crippen molar-refractivity contribution in [2.24, 2.45) is 11.7 Å². The van der Waals surface area contributed by atoms with E-state index in [1.54, 1.807) is 11.0 Å². The number of aromatic nitrogens is 1. The largest absolute Gasteiger partial charge is 0.368 e. The predicted octanol–water partition coefficient (Wildman–Crippen LogP) is 4.80. The highest BCUT2D eigenvalue weighted by Gasteiger charge is 2.27. The van der Waals surface area contributed by atoms with Crippen LogP contribution in [-0.2, 0) is 0 Å². The number of benzene rings is 2. The number of anilines is 3. The fourth-order valence-corrected chi connectivity index (χ4v) is 4.52. The van der Waals surface area contributed by atoms with E-state index in [-0.39, 0.29) is 6.04 Å². The number of amides is 1. The quantitative estimate of drug-likeness (QED) is 0.492. The molecule has 2 heterocycles. The van der Waals surface area contributed by atoms with Crippen molar-refractivity contribution < 1.29 is 22.4 Å². The van der Waals surface area contributed by atoms with Crippen molar-refractivity contribution in [3.05, 3.63) is 71.4 Å². The molecule has 1 amide bonds. The second-order valence-electron chi connectivity index (χ2n) is 9.29. The van der Waals surface area contributed by atoms with E-state index in [1.165, 1.54) is 6.20 Å². The van der Waals surface area contributed by atoms with E-state index >= 15 is 4.39 Å². The van der Waals surface area contributed by atoms with Gasteiger partial charge in [-0.1, -0.05) is 13.0 Å². The number of nitrogens with one attached hydrogen (secondary N) is 1. The van der Waals surface area contributed by atoms with Crippen LogP contribution in [-0.4, -0.2) is 44.1 Å². The molecule has 1 fully saturated rings. The van der Waals surface area contributed by atoms with Gasteiger partial charge in [0, 0.05) is 39.3 Å². The number of rotatable bonds is 5. The topological polar surface area (TPSA) is 74.5 Å². The van der Waals surface area contributed by atoms with Gasteiger partial charge in [0.25, 0.3) is 5.91 Å². The molecule has 0 radical (unpaired) electrons. The van der Waals surface area contributed by atoms with Gasteiger partial charge in [-0.05, 0) is 36.6 Å². The van der Waals surface area contributed by atoms with Gasteiger partial charge in [0.15, 0.2) is 0 Å². The van der Waals surface area contributed by atoms with Crippen LogP contribution in [0.25, 0.3) is 11.1 Å². The lowest BCUT2D eigenvalue weighted by atomic mass is 9.96. The Morgan fingerprint density at radius 1 is 1.06 bits per heavy atom. The normalized spacial score (nSPS) is 17.7. The molecule has 6 nitrogen and oxygen atoms in total. The van der Waals surface area contributed by atoms with Crippen LogP contribution in [0.1, 0.15) is 23.7 Å². The van der Waals surface area contributed by atoms with Gasteiger partial charge in [0.05, 0.1) is 34.3 Å². The van der Waals surface area contributed by atoms with Gasteiger partial charge in [-0.15, -0.1) is 0 Å². The first-order valence-corrected chi connectivity index (χ1v) is 11.5. The lowest BCUT2D eigenvalue weighted by Gasteiger charge is -2.37. The van der Waals surface area contributed by atoms with Gasteiger partial charge in [-0.25, -0.2) is 22.5 Å². The Morgan fingerprint density at radius 3 is 2.36 bits per heavy atom. The molecule has 1 saturated heterocycles. The summed E-state index contributed by atoms with van der Waals surface area (Å²) in [4.78, 5) is 21.3. The number of nitrogens with two attached hydrogens (primary N) is 1. The van der Waals surface area contributed by atoms with E-state index in [0.29, 0.717) is 36.2 Å². The molecule has 36 heavy (non-hydrogen) atoms. The van der Waals surface area contributed by atoms with Gasteiger partial charge in [0.1, 0.15) is 29.1 Å². The number of hydrogen-bond acceptors (Lipinski definition) is 5. The minimum Gasteiger partial charge on any atom is -0.368 e. The summed E-state index contributed by atoms with van der Waals surface area (Å²) in [6.07, 6.45) is 2.31. The van der Waals surface area contributed by atoms with Gasteiger partial charge in [-0.2, -0.15) is 0 Å². The first-order valence-electron chi connectivity index (χ1n) is 11.5. The predicted molar refractivity (Wildman–Crippen MR) is 132 cm³/mol. The van der Waals surface area contributed by atoms with Crippen molar-refractivity contribution in [2.45, 2.75) is 19.4 Å². The summed E-state index contributed by atoms with van der Waals surface area (Å²) < 4.78 is 58.5. The molecule has 0 bridgehead atoms. The molecule has 190 valence electrons. The van der Waals surface area contributed by atoms with Crippen molar-refractivity contribution in [1.82, 2.24) is 4.98 Å². The SMILES string of the molecule is C[C@@H]1C[C@H](N)CN(c2cc(N(C)C)ncc2NC(=O)c2ccc(F)c(-c3c(F)cccc3F)c2F)C1. The zero-order valence-corrected chi connectivity index (χ0v) is 20.2. The fourth-order valence-electron chi connectivity index (χ4n) is 4.52. The van der Waals surface area contributed by atoms with Crippen LogP contribution in [0.4, 0.5) is 34.8 Å². The van der Waals surface area contributed by atoms with Crippen molar-refractivity contribution in [2.75, 3.05) is 42.3 Å². The maximum absolute atomic E-state index is 15.4. The maximum atomic E-state index is 15.4. The van der Waals surface area contributed by atoms with Crippen molar-refractivity contribution >= 4 is 23.1 Å². The molecule has 3 N–H and O–H groups in total. The number of pyridine rings is 1. The fraction of sp³-hybridized carbons (Fsp3) is 0.308. The summed E-state index contributed by atoms with van der Waals surface area (Å²) in [5, 5.41) is 2.64. The molecular formula is C26H27F4N5O. The van der Waals surface area contributed by atoms with Crippen molar-refractivity contribution in [3.63, 3.8) is 0 Å². The number of hydrogen-bond donors (Lipinski definition) is 2. The number of piperidine rings is 1. The molecule has 1 aliphatic heterocycles. The first-order chi connectivity index (χ1) is 17.1. The average molecular weight is 502 g/mol. The highest BCUT2D eigenvalue weighted by atomic mass is 19.1. The Hall–Kier alpha value is -3.66. The molecule has 0 unspecified atom stereocenters. The summed E-state index contributed by atoms with van der Waals surface area (Å²) in [5.41, 5.74) is 4.77. The van der Waals surface area contributed by atoms with Gasteiger partial charge in [-0.3, -0.25) is 4.79 Å². The van der Waals surface area contributed by atoms with Crippen LogP contribution in [0.2, 0.25) is 0 Å². The Kier molecular flexibility index (Phi) is 7.16. The monoisotopic (exact) mass is 501 g/mol. The van der Waals surface area contributed by atoms with E-state index < -0.39 is 45.9 Å².